The zero-order chi connectivity index (χ0) is 19.1. The maximum atomic E-state index is 13.8. The molecule has 1 amide bonds. The lowest BCUT2D eigenvalue weighted by molar-refractivity contribution is 0.0696. The van der Waals surface area contributed by atoms with E-state index in [-0.39, 0.29) is 30.0 Å². The summed E-state index contributed by atoms with van der Waals surface area (Å²) in [4.78, 5) is 23.3. The Labute approximate surface area is 150 Å². The average molecular weight is 361 g/mol. The number of carbonyl (C=O) groups excluding carboxylic acids is 1. The van der Waals surface area contributed by atoms with Crippen molar-refractivity contribution in [3.63, 3.8) is 0 Å². The predicted molar refractivity (Wildman–Crippen MR) is 93.6 cm³/mol. The van der Waals surface area contributed by atoms with Gasteiger partial charge in [0.1, 0.15) is 5.75 Å². The number of aromatic carboxylic acids is 1. The second-order valence-corrected chi connectivity index (χ2v) is 5.39. The van der Waals surface area contributed by atoms with E-state index in [1.54, 1.807) is 13.0 Å². The molecule has 0 spiro atoms. The minimum atomic E-state index is -1.04. The lowest BCUT2D eigenvalue weighted by Gasteiger charge is -2.12. The Hall–Kier alpha value is -3.09. The van der Waals surface area contributed by atoms with Crippen LogP contribution in [-0.4, -0.2) is 37.2 Å². The highest BCUT2D eigenvalue weighted by molar-refractivity contribution is 5.97. The van der Waals surface area contributed by atoms with Gasteiger partial charge in [-0.1, -0.05) is 12.1 Å². The molecule has 0 aliphatic heterocycles. The Morgan fingerprint density at radius 3 is 2.65 bits per heavy atom. The van der Waals surface area contributed by atoms with Gasteiger partial charge in [0.05, 0.1) is 24.8 Å². The number of carboxylic acids is 1. The van der Waals surface area contributed by atoms with Crippen molar-refractivity contribution in [1.29, 1.82) is 0 Å². The Morgan fingerprint density at radius 2 is 2.00 bits per heavy atom. The highest BCUT2D eigenvalue weighted by Crippen LogP contribution is 2.23. The average Bonchev–Trinajstić information content (AvgIpc) is 2.63. The number of hydrogen-bond acceptors (Lipinski definition) is 4. The molecule has 0 saturated carbocycles. The van der Waals surface area contributed by atoms with Crippen LogP contribution in [-0.2, 0) is 6.42 Å². The highest BCUT2D eigenvalue weighted by Gasteiger charge is 2.16. The summed E-state index contributed by atoms with van der Waals surface area (Å²) in [5.74, 6) is -1.73. The quantitative estimate of drug-likeness (QED) is 0.755. The third-order valence-electron chi connectivity index (χ3n) is 3.71. The minimum absolute atomic E-state index is 0.0732. The van der Waals surface area contributed by atoms with Gasteiger partial charge in [-0.25, -0.2) is 9.18 Å². The number of rotatable bonds is 8. The molecule has 2 N–H and O–H groups in total. The van der Waals surface area contributed by atoms with Crippen LogP contribution in [0.5, 0.6) is 11.5 Å². The third-order valence-corrected chi connectivity index (χ3v) is 3.71. The van der Waals surface area contributed by atoms with Crippen molar-refractivity contribution in [3.8, 4) is 11.5 Å². The lowest BCUT2D eigenvalue weighted by Crippen LogP contribution is -2.26. The van der Waals surface area contributed by atoms with Crippen molar-refractivity contribution in [2.75, 3.05) is 20.3 Å². The van der Waals surface area contributed by atoms with Crippen LogP contribution in [0.3, 0.4) is 0 Å². The Balaban J connectivity index is 2.05. The minimum Gasteiger partial charge on any atom is -0.496 e. The van der Waals surface area contributed by atoms with E-state index >= 15 is 0 Å². The zero-order valence-corrected chi connectivity index (χ0v) is 14.5. The molecule has 0 bridgehead atoms. The van der Waals surface area contributed by atoms with Crippen molar-refractivity contribution in [1.82, 2.24) is 5.32 Å². The first kappa shape index (κ1) is 19.2. The first-order chi connectivity index (χ1) is 12.5. The number of benzene rings is 2. The van der Waals surface area contributed by atoms with Gasteiger partial charge in [-0.3, -0.25) is 4.79 Å². The SMILES string of the molecule is CCOc1c(F)cccc1C(=O)NCCc1ccc(C(=O)O)cc1OC. The van der Waals surface area contributed by atoms with Crippen molar-refractivity contribution in [2.45, 2.75) is 13.3 Å². The van der Waals surface area contributed by atoms with Crippen molar-refractivity contribution in [3.05, 3.63) is 58.9 Å². The molecule has 6 nitrogen and oxygen atoms in total. The molecule has 0 aliphatic carbocycles. The van der Waals surface area contributed by atoms with Crippen LogP contribution in [0.15, 0.2) is 36.4 Å². The molecule has 0 saturated heterocycles. The number of carboxylic acid groups (broad SMARTS) is 1. The topological polar surface area (TPSA) is 84.9 Å². The van der Waals surface area contributed by atoms with Gasteiger partial charge in [0.15, 0.2) is 11.6 Å². The molecule has 26 heavy (non-hydrogen) atoms. The molecule has 2 aromatic rings. The van der Waals surface area contributed by atoms with Gasteiger partial charge in [0.2, 0.25) is 0 Å². The molecule has 0 radical (unpaired) electrons. The number of halogens is 1. The van der Waals surface area contributed by atoms with Crippen LogP contribution in [0.1, 0.15) is 33.2 Å². The molecule has 0 unspecified atom stereocenters. The van der Waals surface area contributed by atoms with Crippen LogP contribution < -0.4 is 14.8 Å². The molecule has 2 aromatic carbocycles. The standard InChI is InChI=1S/C19H20FNO5/c1-3-26-17-14(5-4-6-15(17)20)18(22)21-10-9-12-7-8-13(19(23)24)11-16(12)25-2/h4-8,11H,3,9-10H2,1-2H3,(H,21,22)(H,23,24). The molecule has 7 heteroatoms. The summed E-state index contributed by atoms with van der Waals surface area (Å²) < 4.78 is 24.2. The summed E-state index contributed by atoms with van der Waals surface area (Å²) in [5, 5.41) is 11.7. The van der Waals surface area contributed by atoms with Crippen LogP contribution in [0.2, 0.25) is 0 Å². The molecular formula is C19H20FNO5. The van der Waals surface area contributed by atoms with E-state index in [2.05, 4.69) is 5.32 Å². The summed E-state index contributed by atoms with van der Waals surface area (Å²) in [6, 6.07) is 8.71. The number of nitrogens with one attached hydrogen (secondary N) is 1. The maximum absolute atomic E-state index is 13.8. The van der Waals surface area contributed by atoms with E-state index in [9.17, 15) is 14.0 Å². The highest BCUT2D eigenvalue weighted by atomic mass is 19.1. The summed E-state index contributed by atoms with van der Waals surface area (Å²) >= 11 is 0. The van der Waals surface area contributed by atoms with E-state index in [0.29, 0.717) is 12.2 Å². The predicted octanol–water partition coefficient (Wildman–Crippen LogP) is 2.90. The smallest absolute Gasteiger partial charge is 0.335 e. The first-order valence-corrected chi connectivity index (χ1v) is 8.07. The number of amides is 1. The number of carbonyl (C=O) groups is 2. The molecule has 0 fully saturated rings. The molecule has 0 heterocycles. The van der Waals surface area contributed by atoms with Crippen molar-refractivity contribution >= 4 is 11.9 Å². The van der Waals surface area contributed by atoms with Crippen LogP contribution in [0, 0.1) is 5.82 Å². The Bertz CT molecular complexity index is 807. The summed E-state index contributed by atoms with van der Waals surface area (Å²) in [5.41, 5.74) is 0.998. The summed E-state index contributed by atoms with van der Waals surface area (Å²) in [6.45, 7) is 2.22. The molecule has 2 rings (SSSR count). The first-order valence-electron chi connectivity index (χ1n) is 8.07. The number of methoxy groups -OCH3 is 1. The Kier molecular flexibility index (Phi) is 6.54. The van der Waals surface area contributed by atoms with Gasteiger partial charge in [0.25, 0.3) is 5.91 Å². The normalized spacial score (nSPS) is 10.3. The van der Waals surface area contributed by atoms with Crippen molar-refractivity contribution in [2.24, 2.45) is 0 Å². The fourth-order valence-corrected chi connectivity index (χ4v) is 2.47. The fourth-order valence-electron chi connectivity index (χ4n) is 2.47. The van der Waals surface area contributed by atoms with Crippen LogP contribution in [0.4, 0.5) is 4.39 Å². The van der Waals surface area contributed by atoms with E-state index in [0.717, 1.165) is 5.56 Å². The van der Waals surface area contributed by atoms with Gasteiger partial charge in [0, 0.05) is 6.54 Å². The van der Waals surface area contributed by atoms with Gasteiger partial charge in [-0.15, -0.1) is 0 Å². The zero-order valence-electron chi connectivity index (χ0n) is 14.5. The molecule has 0 atom stereocenters. The number of para-hydroxylation sites is 1. The van der Waals surface area contributed by atoms with Gasteiger partial charge in [-0.05, 0) is 43.2 Å². The summed E-state index contributed by atoms with van der Waals surface area (Å²) in [7, 11) is 1.45. The molecule has 138 valence electrons. The summed E-state index contributed by atoms with van der Waals surface area (Å²) in [6.07, 6.45) is 0.425. The second-order valence-electron chi connectivity index (χ2n) is 5.39. The lowest BCUT2D eigenvalue weighted by atomic mass is 10.1. The molecule has 0 aliphatic rings. The van der Waals surface area contributed by atoms with E-state index < -0.39 is 17.7 Å². The molecular weight excluding hydrogens is 341 g/mol. The number of hydrogen-bond donors (Lipinski definition) is 2. The number of ether oxygens (including phenoxy) is 2. The largest absolute Gasteiger partial charge is 0.496 e. The van der Waals surface area contributed by atoms with Gasteiger partial charge >= 0.3 is 5.97 Å². The molecule has 0 aromatic heterocycles. The monoisotopic (exact) mass is 361 g/mol. The van der Waals surface area contributed by atoms with E-state index in [1.165, 1.54) is 37.4 Å². The Morgan fingerprint density at radius 1 is 1.23 bits per heavy atom. The van der Waals surface area contributed by atoms with E-state index in [1.807, 2.05) is 0 Å². The van der Waals surface area contributed by atoms with E-state index in [4.69, 9.17) is 14.6 Å². The van der Waals surface area contributed by atoms with Gasteiger partial charge in [-0.2, -0.15) is 0 Å². The van der Waals surface area contributed by atoms with Crippen molar-refractivity contribution < 1.29 is 28.6 Å². The van der Waals surface area contributed by atoms with Crippen LogP contribution in [0.25, 0.3) is 0 Å². The second kappa shape index (κ2) is 8.84. The third kappa shape index (κ3) is 4.50. The van der Waals surface area contributed by atoms with Crippen LogP contribution >= 0.6 is 0 Å². The fraction of sp³-hybridized carbons (Fsp3) is 0.263. The van der Waals surface area contributed by atoms with Gasteiger partial charge < -0.3 is 19.9 Å². The maximum Gasteiger partial charge on any atom is 0.335 e.